The van der Waals surface area contributed by atoms with Crippen LogP contribution in [0.15, 0.2) is 36.2 Å². The van der Waals surface area contributed by atoms with Crippen molar-refractivity contribution in [2.45, 2.75) is 19.8 Å². The number of hydrogen-bond donors (Lipinski definition) is 0. The second kappa shape index (κ2) is 6.30. The molecule has 1 aliphatic heterocycles. The van der Waals surface area contributed by atoms with E-state index in [9.17, 15) is 9.59 Å². The molecule has 1 aromatic heterocycles. The van der Waals surface area contributed by atoms with Gasteiger partial charge in [-0.25, -0.2) is 0 Å². The molecule has 2 aliphatic rings. The number of hydrogen-bond acceptors (Lipinski definition) is 3. The van der Waals surface area contributed by atoms with Gasteiger partial charge in [-0.3, -0.25) is 14.6 Å². The molecule has 0 aromatic carbocycles. The lowest BCUT2D eigenvalue weighted by atomic mass is 10.1. The van der Waals surface area contributed by atoms with Gasteiger partial charge in [0.05, 0.1) is 5.56 Å². The van der Waals surface area contributed by atoms with Crippen molar-refractivity contribution in [2.75, 3.05) is 26.2 Å². The highest BCUT2D eigenvalue weighted by Gasteiger charge is 2.26. The number of carbonyl (C=O) groups is 2. The van der Waals surface area contributed by atoms with Crippen LogP contribution in [0.2, 0.25) is 0 Å². The smallest absolute Gasteiger partial charge is 0.255 e. The number of pyridine rings is 1. The normalized spacial score (nSPS) is 19.2. The Morgan fingerprint density at radius 2 is 1.86 bits per heavy atom. The van der Waals surface area contributed by atoms with Crippen LogP contribution < -0.4 is 0 Å². The van der Waals surface area contributed by atoms with E-state index in [1.165, 1.54) is 18.4 Å². The molecule has 2 fully saturated rings. The Balaban J connectivity index is 1.55. The molecule has 0 unspecified atom stereocenters. The maximum Gasteiger partial charge on any atom is 0.255 e. The van der Waals surface area contributed by atoms with Gasteiger partial charge < -0.3 is 9.80 Å². The van der Waals surface area contributed by atoms with E-state index in [-0.39, 0.29) is 11.8 Å². The highest BCUT2D eigenvalue weighted by Crippen LogP contribution is 2.35. The summed E-state index contributed by atoms with van der Waals surface area (Å²) in [4.78, 5) is 32.1. The summed E-state index contributed by atoms with van der Waals surface area (Å²) >= 11 is 0. The fraction of sp³-hybridized carbons (Fsp3) is 0.471. The van der Waals surface area contributed by atoms with E-state index in [2.05, 4.69) is 4.98 Å². The van der Waals surface area contributed by atoms with Crippen LogP contribution in [0, 0.1) is 5.92 Å². The second-order valence-electron chi connectivity index (χ2n) is 6.02. The van der Waals surface area contributed by atoms with Gasteiger partial charge in [-0.05, 0) is 37.8 Å². The third-order valence-electron chi connectivity index (χ3n) is 4.36. The Hall–Kier alpha value is -2.17. The van der Waals surface area contributed by atoms with Crippen LogP contribution in [-0.2, 0) is 4.79 Å². The largest absolute Gasteiger partial charge is 0.336 e. The van der Waals surface area contributed by atoms with Crippen LogP contribution in [0.5, 0.6) is 0 Å². The Kier molecular flexibility index (Phi) is 4.22. The molecular weight excluding hydrogens is 278 g/mol. The quantitative estimate of drug-likeness (QED) is 0.799. The summed E-state index contributed by atoms with van der Waals surface area (Å²) in [6, 6.07) is 3.53. The van der Waals surface area contributed by atoms with E-state index in [1.807, 2.05) is 11.8 Å². The van der Waals surface area contributed by atoms with E-state index < -0.39 is 0 Å². The number of allylic oxidation sites excluding steroid dienone is 1. The molecule has 5 heteroatoms. The van der Waals surface area contributed by atoms with Crippen LogP contribution in [0.1, 0.15) is 30.1 Å². The molecule has 0 atom stereocenters. The molecule has 0 bridgehead atoms. The summed E-state index contributed by atoms with van der Waals surface area (Å²) in [5.41, 5.74) is 1.80. The minimum absolute atomic E-state index is 0.00935. The molecule has 1 aliphatic carbocycles. The Morgan fingerprint density at radius 1 is 1.18 bits per heavy atom. The predicted octanol–water partition coefficient (Wildman–Crippen LogP) is 1.72. The van der Waals surface area contributed by atoms with Gasteiger partial charge in [0.2, 0.25) is 5.91 Å². The summed E-state index contributed by atoms with van der Waals surface area (Å²) in [6.45, 7) is 4.39. The van der Waals surface area contributed by atoms with Crippen molar-refractivity contribution in [3.05, 3.63) is 41.7 Å². The van der Waals surface area contributed by atoms with Crippen molar-refractivity contribution in [1.29, 1.82) is 0 Å². The Bertz CT molecular complexity index is 585. The van der Waals surface area contributed by atoms with Crippen molar-refractivity contribution >= 4 is 11.8 Å². The number of carbonyl (C=O) groups excluding carboxylic acids is 2. The van der Waals surface area contributed by atoms with E-state index in [4.69, 9.17) is 0 Å². The van der Waals surface area contributed by atoms with Gasteiger partial charge in [0.25, 0.3) is 5.91 Å². The fourth-order valence-electron chi connectivity index (χ4n) is 2.74. The lowest BCUT2D eigenvalue weighted by Gasteiger charge is -2.34. The minimum atomic E-state index is -0.00935. The second-order valence-corrected chi connectivity index (χ2v) is 6.02. The third kappa shape index (κ3) is 3.35. The number of amides is 2. The molecule has 5 nitrogen and oxygen atoms in total. The third-order valence-corrected chi connectivity index (χ3v) is 4.36. The van der Waals surface area contributed by atoms with Crippen molar-refractivity contribution in [1.82, 2.24) is 14.8 Å². The number of aromatic nitrogens is 1. The fourth-order valence-corrected chi connectivity index (χ4v) is 2.74. The first kappa shape index (κ1) is 14.8. The first-order chi connectivity index (χ1) is 10.6. The molecule has 0 radical (unpaired) electrons. The van der Waals surface area contributed by atoms with Crippen LogP contribution in [-0.4, -0.2) is 52.8 Å². The molecule has 1 aromatic rings. The van der Waals surface area contributed by atoms with E-state index in [0.29, 0.717) is 37.7 Å². The Labute approximate surface area is 130 Å². The predicted molar refractivity (Wildman–Crippen MR) is 83.2 cm³/mol. The zero-order chi connectivity index (χ0) is 15.5. The van der Waals surface area contributed by atoms with Crippen LogP contribution in [0.4, 0.5) is 0 Å². The Morgan fingerprint density at radius 3 is 2.45 bits per heavy atom. The van der Waals surface area contributed by atoms with Gasteiger partial charge in [0, 0.05) is 44.6 Å². The molecule has 3 rings (SSSR count). The van der Waals surface area contributed by atoms with Gasteiger partial charge in [-0.15, -0.1) is 0 Å². The topological polar surface area (TPSA) is 53.5 Å². The van der Waals surface area contributed by atoms with E-state index in [1.54, 1.807) is 35.5 Å². The average Bonchev–Trinajstić information content (AvgIpc) is 3.40. The summed E-state index contributed by atoms with van der Waals surface area (Å²) < 4.78 is 0. The molecule has 2 heterocycles. The highest BCUT2D eigenvalue weighted by atomic mass is 16.2. The highest BCUT2D eigenvalue weighted by molar-refractivity contribution is 5.94. The zero-order valence-electron chi connectivity index (χ0n) is 12.9. The average molecular weight is 299 g/mol. The first-order valence-corrected chi connectivity index (χ1v) is 7.81. The van der Waals surface area contributed by atoms with Crippen LogP contribution >= 0.6 is 0 Å². The standard InChI is InChI=1S/C17H21N3O2/c1-13(14-4-5-14)11-16(21)19-7-9-20(10-8-19)17(22)15-3-2-6-18-12-15/h2-3,6,11-12,14H,4-5,7-10H2,1H3/b13-11+. The summed E-state index contributed by atoms with van der Waals surface area (Å²) in [6.07, 6.45) is 7.44. The molecule has 1 saturated heterocycles. The zero-order valence-corrected chi connectivity index (χ0v) is 12.9. The lowest BCUT2D eigenvalue weighted by Crippen LogP contribution is -2.50. The van der Waals surface area contributed by atoms with Crippen molar-refractivity contribution in [3.63, 3.8) is 0 Å². The first-order valence-electron chi connectivity index (χ1n) is 7.81. The molecule has 2 amide bonds. The minimum Gasteiger partial charge on any atom is -0.336 e. The van der Waals surface area contributed by atoms with Crippen LogP contribution in [0.3, 0.4) is 0 Å². The lowest BCUT2D eigenvalue weighted by molar-refractivity contribution is -0.127. The maximum absolute atomic E-state index is 12.3. The molecule has 116 valence electrons. The van der Waals surface area contributed by atoms with E-state index in [0.717, 1.165) is 0 Å². The molecular formula is C17H21N3O2. The number of rotatable bonds is 3. The van der Waals surface area contributed by atoms with Crippen molar-refractivity contribution in [2.24, 2.45) is 5.92 Å². The number of piperazine rings is 1. The molecule has 22 heavy (non-hydrogen) atoms. The van der Waals surface area contributed by atoms with Gasteiger partial charge >= 0.3 is 0 Å². The molecule has 0 spiro atoms. The molecule has 0 N–H and O–H groups in total. The SMILES string of the molecule is C/C(=C\C(=O)N1CCN(C(=O)c2cccnc2)CC1)C1CC1. The van der Waals surface area contributed by atoms with Crippen LogP contribution in [0.25, 0.3) is 0 Å². The summed E-state index contributed by atoms with van der Waals surface area (Å²) in [5.74, 6) is 0.695. The van der Waals surface area contributed by atoms with Gasteiger partial charge in [-0.2, -0.15) is 0 Å². The summed E-state index contributed by atoms with van der Waals surface area (Å²) in [7, 11) is 0. The molecule has 1 saturated carbocycles. The maximum atomic E-state index is 12.3. The van der Waals surface area contributed by atoms with Crippen molar-refractivity contribution < 1.29 is 9.59 Å². The summed E-state index contributed by atoms with van der Waals surface area (Å²) in [5, 5.41) is 0. The van der Waals surface area contributed by atoms with Gasteiger partial charge in [0.15, 0.2) is 0 Å². The van der Waals surface area contributed by atoms with Gasteiger partial charge in [0.1, 0.15) is 0 Å². The monoisotopic (exact) mass is 299 g/mol. The van der Waals surface area contributed by atoms with Crippen molar-refractivity contribution in [3.8, 4) is 0 Å². The van der Waals surface area contributed by atoms with Gasteiger partial charge in [-0.1, -0.05) is 5.57 Å². The number of nitrogens with zero attached hydrogens (tertiary/aromatic N) is 3. The van der Waals surface area contributed by atoms with E-state index >= 15 is 0 Å².